The van der Waals surface area contributed by atoms with Gasteiger partial charge in [-0.1, -0.05) is 6.92 Å². The minimum Gasteiger partial charge on any atom is -0.349 e. The first-order chi connectivity index (χ1) is 7.79. The molecule has 6 nitrogen and oxygen atoms in total. The van der Waals surface area contributed by atoms with E-state index in [1.165, 1.54) is 6.33 Å². The Morgan fingerprint density at radius 1 is 1.75 bits per heavy atom. The van der Waals surface area contributed by atoms with Crippen LogP contribution in [-0.2, 0) is 0 Å². The maximum atomic E-state index is 11.6. The Labute approximate surface area is 94.4 Å². The van der Waals surface area contributed by atoms with Crippen molar-refractivity contribution in [2.75, 3.05) is 26.2 Å². The molecule has 88 valence electrons. The van der Waals surface area contributed by atoms with Gasteiger partial charge in [0.1, 0.15) is 6.33 Å². The fraction of sp³-hybridized carbons (Fsp3) is 0.700. The van der Waals surface area contributed by atoms with Crippen LogP contribution < -0.4 is 5.32 Å². The van der Waals surface area contributed by atoms with Gasteiger partial charge in [-0.25, -0.2) is 4.98 Å². The molecule has 1 aromatic rings. The molecule has 1 aliphatic rings. The topological polar surface area (TPSA) is 73.9 Å². The molecule has 0 bridgehead atoms. The van der Waals surface area contributed by atoms with E-state index < -0.39 is 0 Å². The summed E-state index contributed by atoms with van der Waals surface area (Å²) in [4.78, 5) is 17.8. The average Bonchev–Trinajstić information content (AvgIpc) is 2.96. The molecular weight excluding hydrogens is 206 g/mol. The fourth-order valence-corrected chi connectivity index (χ4v) is 2.00. The van der Waals surface area contributed by atoms with Crippen LogP contribution >= 0.6 is 0 Å². The standard InChI is InChI=1S/C10H17N5O/c1-2-15-4-3-8(6-15)5-11-10(16)9-12-7-13-14-9/h7-8H,2-6H2,1H3,(H,11,16)(H,12,13,14). The van der Waals surface area contributed by atoms with E-state index in [1.54, 1.807) is 0 Å². The summed E-state index contributed by atoms with van der Waals surface area (Å²) in [6.07, 6.45) is 2.49. The molecule has 1 fully saturated rings. The molecule has 1 atom stereocenters. The van der Waals surface area contributed by atoms with Crippen molar-refractivity contribution < 1.29 is 4.79 Å². The van der Waals surface area contributed by atoms with Gasteiger partial charge in [-0.3, -0.25) is 9.89 Å². The highest BCUT2D eigenvalue weighted by atomic mass is 16.2. The Kier molecular flexibility index (Phi) is 3.51. The third-order valence-electron chi connectivity index (χ3n) is 3.00. The lowest BCUT2D eigenvalue weighted by Crippen LogP contribution is -2.31. The lowest BCUT2D eigenvalue weighted by molar-refractivity contribution is 0.0937. The molecule has 0 spiro atoms. The third-order valence-corrected chi connectivity index (χ3v) is 3.00. The van der Waals surface area contributed by atoms with Crippen molar-refractivity contribution >= 4 is 5.91 Å². The summed E-state index contributed by atoms with van der Waals surface area (Å²) in [5.74, 6) is 0.671. The van der Waals surface area contributed by atoms with E-state index in [0.29, 0.717) is 5.92 Å². The molecule has 1 unspecified atom stereocenters. The zero-order chi connectivity index (χ0) is 11.4. The number of hydrogen-bond acceptors (Lipinski definition) is 4. The van der Waals surface area contributed by atoms with Gasteiger partial charge >= 0.3 is 0 Å². The number of likely N-dealkylation sites (tertiary alicyclic amines) is 1. The lowest BCUT2D eigenvalue weighted by atomic mass is 10.1. The Balaban J connectivity index is 1.74. The predicted molar refractivity (Wildman–Crippen MR) is 58.9 cm³/mol. The fourth-order valence-electron chi connectivity index (χ4n) is 2.00. The molecule has 2 rings (SSSR count). The van der Waals surface area contributed by atoms with E-state index in [4.69, 9.17) is 0 Å². The highest BCUT2D eigenvalue weighted by Crippen LogP contribution is 2.14. The van der Waals surface area contributed by atoms with E-state index in [1.807, 2.05) is 0 Å². The molecule has 0 aliphatic carbocycles. The normalized spacial score (nSPS) is 21.2. The molecule has 0 radical (unpaired) electrons. The quantitative estimate of drug-likeness (QED) is 0.746. The summed E-state index contributed by atoms with van der Waals surface area (Å²) in [5, 5.41) is 9.06. The van der Waals surface area contributed by atoms with Gasteiger partial charge < -0.3 is 10.2 Å². The van der Waals surface area contributed by atoms with Crippen molar-refractivity contribution in [3.8, 4) is 0 Å². The summed E-state index contributed by atoms with van der Waals surface area (Å²) >= 11 is 0. The molecule has 6 heteroatoms. The third kappa shape index (κ3) is 2.57. The van der Waals surface area contributed by atoms with Gasteiger partial charge in [0.15, 0.2) is 0 Å². The van der Waals surface area contributed by atoms with Crippen molar-refractivity contribution in [3.05, 3.63) is 12.2 Å². The molecule has 1 saturated heterocycles. The summed E-state index contributed by atoms with van der Waals surface area (Å²) in [6.45, 7) is 6.19. The molecular formula is C10H17N5O. The molecule has 1 amide bonds. The van der Waals surface area contributed by atoms with Crippen molar-refractivity contribution in [2.24, 2.45) is 5.92 Å². The second-order valence-electron chi connectivity index (χ2n) is 4.09. The van der Waals surface area contributed by atoms with E-state index in [-0.39, 0.29) is 11.7 Å². The number of nitrogens with one attached hydrogen (secondary N) is 2. The Bertz CT molecular complexity index is 337. The van der Waals surface area contributed by atoms with Crippen LogP contribution in [0.1, 0.15) is 24.0 Å². The SMILES string of the molecule is CCN1CCC(CNC(=O)c2ncn[nH]2)C1. The van der Waals surface area contributed by atoms with Crippen LogP contribution in [0.25, 0.3) is 0 Å². The maximum Gasteiger partial charge on any atom is 0.288 e. The van der Waals surface area contributed by atoms with Gasteiger partial charge in [-0.15, -0.1) is 0 Å². The van der Waals surface area contributed by atoms with E-state index >= 15 is 0 Å². The number of carbonyl (C=O) groups is 1. The minimum absolute atomic E-state index is 0.174. The van der Waals surface area contributed by atoms with Crippen LogP contribution in [0.4, 0.5) is 0 Å². The Morgan fingerprint density at radius 2 is 2.62 bits per heavy atom. The Hall–Kier alpha value is -1.43. The van der Waals surface area contributed by atoms with E-state index in [0.717, 1.165) is 32.6 Å². The molecule has 0 saturated carbocycles. The second-order valence-corrected chi connectivity index (χ2v) is 4.09. The molecule has 0 aromatic carbocycles. The van der Waals surface area contributed by atoms with Gasteiger partial charge in [0, 0.05) is 13.1 Å². The van der Waals surface area contributed by atoms with Crippen molar-refractivity contribution in [2.45, 2.75) is 13.3 Å². The first kappa shape index (κ1) is 11.1. The number of rotatable bonds is 4. The van der Waals surface area contributed by atoms with Crippen LogP contribution in [0.5, 0.6) is 0 Å². The zero-order valence-corrected chi connectivity index (χ0v) is 9.44. The van der Waals surface area contributed by atoms with Gasteiger partial charge in [-0.2, -0.15) is 5.10 Å². The van der Waals surface area contributed by atoms with Gasteiger partial charge in [0.25, 0.3) is 5.91 Å². The van der Waals surface area contributed by atoms with Crippen molar-refractivity contribution in [3.63, 3.8) is 0 Å². The van der Waals surface area contributed by atoms with E-state index in [9.17, 15) is 4.79 Å². The highest BCUT2D eigenvalue weighted by Gasteiger charge is 2.21. The summed E-state index contributed by atoms with van der Waals surface area (Å²) in [6, 6.07) is 0. The Morgan fingerprint density at radius 3 is 3.25 bits per heavy atom. The van der Waals surface area contributed by atoms with Crippen molar-refractivity contribution in [1.82, 2.24) is 25.4 Å². The summed E-state index contributed by atoms with van der Waals surface area (Å²) in [5.41, 5.74) is 0. The lowest BCUT2D eigenvalue weighted by Gasteiger charge is -2.13. The molecule has 2 N–H and O–H groups in total. The van der Waals surface area contributed by atoms with Crippen molar-refractivity contribution in [1.29, 1.82) is 0 Å². The number of carbonyl (C=O) groups excluding carboxylic acids is 1. The first-order valence-corrected chi connectivity index (χ1v) is 5.65. The highest BCUT2D eigenvalue weighted by molar-refractivity contribution is 5.90. The number of H-pyrrole nitrogens is 1. The predicted octanol–water partition coefficient (Wildman–Crippen LogP) is -0.124. The molecule has 2 heterocycles. The number of aromatic amines is 1. The number of hydrogen-bond donors (Lipinski definition) is 2. The average molecular weight is 223 g/mol. The molecule has 16 heavy (non-hydrogen) atoms. The van der Waals surface area contributed by atoms with Gasteiger partial charge in [0.2, 0.25) is 5.82 Å². The van der Waals surface area contributed by atoms with Crippen LogP contribution in [0.2, 0.25) is 0 Å². The summed E-state index contributed by atoms with van der Waals surface area (Å²) in [7, 11) is 0. The summed E-state index contributed by atoms with van der Waals surface area (Å²) < 4.78 is 0. The number of amides is 1. The largest absolute Gasteiger partial charge is 0.349 e. The number of nitrogens with zero attached hydrogens (tertiary/aromatic N) is 3. The van der Waals surface area contributed by atoms with E-state index in [2.05, 4.69) is 32.3 Å². The second kappa shape index (κ2) is 5.07. The maximum absolute atomic E-state index is 11.6. The monoisotopic (exact) mass is 223 g/mol. The van der Waals surface area contributed by atoms with Gasteiger partial charge in [0.05, 0.1) is 0 Å². The molecule has 1 aliphatic heterocycles. The number of aromatic nitrogens is 3. The zero-order valence-electron chi connectivity index (χ0n) is 9.44. The molecule has 1 aromatic heterocycles. The first-order valence-electron chi connectivity index (χ1n) is 5.65. The van der Waals surface area contributed by atoms with Crippen LogP contribution in [0.15, 0.2) is 6.33 Å². The smallest absolute Gasteiger partial charge is 0.288 e. The van der Waals surface area contributed by atoms with Crippen LogP contribution in [-0.4, -0.2) is 52.2 Å². The van der Waals surface area contributed by atoms with Crippen LogP contribution in [0.3, 0.4) is 0 Å². The minimum atomic E-state index is -0.174. The van der Waals surface area contributed by atoms with Gasteiger partial charge in [-0.05, 0) is 25.4 Å². The van der Waals surface area contributed by atoms with Crippen LogP contribution in [0, 0.1) is 5.92 Å².